The molecule has 1 aliphatic carbocycles. The van der Waals surface area contributed by atoms with E-state index in [9.17, 15) is 4.79 Å². The predicted molar refractivity (Wildman–Crippen MR) is 61.0 cm³/mol. The highest BCUT2D eigenvalue weighted by Crippen LogP contribution is 2.40. The zero-order valence-corrected chi connectivity index (χ0v) is 9.51. The van der Waals surface area contributed by atoms with E-state index < -0.39 is 0 Å². The maximum Gasteiger partial charge on any atom is 0.227 e. The Bertz CT molecular complexity index is 357. The molecular weight excluding hydrogens is 210 g/mol. The number of carbonyl (C=O) groups is 1. The Morgan fingerprint density at radius 1 is 1.80 bits per heavy atom. The quantitative estimate of drug-likeness (QED) is 0.819. The van der Waals surface area contributed by atoms with Crippen LogP contribution in [0, 0.1) is 0 Å². The molecule has 1 saturated carbocycles. The van der Waals surface area contributed by atoms with Crippen molar-refractivity contribution in [3.8, 4) is 0 Å². The number of nitrogens with two attached hydrogens (primary N) is 1. The van der Waals surface area contributed by atoms with Gasteiger partial charge < -0.3 is 11.1 Å². The van der Waals surface area contributed by atoms with E-state index in [2.05, 4.69) is 10.3 Å². The molecule has 1 atom stereocenters. The molecule has 5 heteroatoms. The zero-order chi connectivity index (χ0) is 10.8. The Labute approximate surface area is 92.9 Å². The topological polar surface area (TPSA) is 68.0 Å². The van der Waals surface area contributed by atoms with Crippen molar-refractivity contribution in [2.45, 2.75) is 38.1 Å². The number of carbonyl (C=O) groups excluding carboxylic acids is 1. The van der Waals surface area contributed by atoms with Gasteiger partial charge in [-0.3, -0.25) is 4.79 Å². The van der Waals surface area contributed by atoms with Gasteiger partial charge >= 0.3 is 0 Å². The van der Waals surface area contributed by atoms with Gasteiger partial charge in [-0.15, -0.1) is 11.3 Å². The number of nitrogens with one attached hydrogen (secondary N) is 1. The molecule has 1 unspecified atom stereocenters. The Balaban J connectivity index is 1.89. The summed E-state index contributed by atoms with van der Waals surface area (Å²) in [4.78, 5) is 15.8. The molecule has 0 bridgehead atoms. The van der Waals surface area contributed by atoms with Crippen LogP contribution in [-0.2, 0) is 4.79 Å². The molecule has 1 aliphatic rings. The standard InChI is InChI=1S/C10H15N3OS/c1-6(11)4-9(14)13-10-12-8(5-15-10)7-2-3-7/h5-7H,2-4,11H2,1H3,(H,12,13,14). The summed E-state index contributed by atoms with van der Waals surface area (Å²) in [5.74, 6) is 0.585. The van der Waals surface area contributed by atoms with Crippen molar-refractivity contribution in [3.05, 3.63) is 11.1 Å². The molecule has 1 aromatic rings. The average Bonchev–Trinajstić information content (AvgIpc) is 2.87. The summed E-state index contributed by atoms with van der Waals surface area (Å²) in [7, 11) is 0. The zero-order valence-electron chi connectivity index (χ0n) is 8.69. The van der Waals surface area contributed by atoms with Crippen LogP contribution >= 0.6 is 11.3 Å². The van der Waals surface area contributed by atoms with Crippen molar-refractivity contribution < 1.29 is 4.79 Å². The van der Waals surface area contributed by atoms with Gasteiger partial charge in [-0.25, -0.2) is 4.98 Å². The van der Waals surface area contributed by atoms with Crippen LogP contribution in [-0.4, -0.2) is 16.9 Å². The first-order valence-corrected chi connectivity index (χ1v) is 6.04. The molecular formula is C10H15N3OS. The minimum atomic E-state index is -0.104. The lowest BCUT2D eigenvalue weighted by Crippen LogP contribution is -2.23. The van der Waals surface area contributed by atoms with Crippen LogP contribution < -0.4 is 11.1 Å². The summed E-state index contributed by atoms with van der Waals surface area (Å²) >= 11 is 1.49. The Morgan fingerprint density at radius 3 is 3.13 bits per heavy atom. The van der Waals surface area contributed by atoms with E-state index >= 15 is 0 Å². The molecule has 1 fully saturated rings. The van der Waals surface area contributed by atoms with E-state index in [0.29, 0.717) is 17.5 Å². The van der Waals surface area contributed by atoms with Crippen molar-refractivity contribution in [2.24, 2.45) is 5.73 Å². The van der Waals surface area contributed by atoms with E-state index in [4.69, 9.17) is 5.73 Å². The molecule has 1 aromatic heterocycles. The summed E-state index contributed by atoms with van der Waals surface area (Å²) in [6.07, 6.45) is 2.81. The molecule has 82 valence electrons. The van der Waals surface area contributed by atoms with E-state index in [1.807, 2.05) is 12.3 Å². The summed E-state index contributed by atoms with van der Waals surface area (Å²) < 4.78 is 0. The SMILES string of the molecule is CC(N)CC(=O)Nc1nc(C2CC2)cs1. The molecule has 1 amide bonds. The Kier molecular flexibility index (Phi) is 3.02. The minimum Gasteiger partial charge on any atom is -0.327 e. The molecule has 2 rings (SSSR count). The molecule has 1 heterocycles. The highest BCUT2D eigenvalue weighted by molar-refractivity contribution is 7.13. The van der Waals surface area contributed by atoms with Crippen molar-refractivity contribution in [1.82, 2.24) is 4.98 Å². The van der Waals surface area contributed by atoms with Crippen molar-refractivity contribution in [3.63, 3.8) is 0 Å². The largest absolute Gasteiger partial charge is 0.327 e. The molecule has 4 nitrogen and oxygen atoms in total. The molecule has 3 N–H and O–H groups in total. The van der Waals surface area contributed by atoms with Crippen LogP contribution in [0.5, 0.6) is 0 Å². The summed E-state index contributed by atoms with van der Waals surface area (Å²) in [6, 6.07) is -0.104. The van der Waals surface area contributed by atoms with Gasteiger partial charge in [0.15, 0.2) is 5.13 Å². The third kappa shape index (κ3) is 3.00. The van der Waals surface area contributed by atoms with E-state index in [-0.39, 0.29) is 11.9 Å². The average molecular weight is 225 g/mol. The fraction of sp³-hybridized carbons (Fsp3) is 0.600. The van der Waals surface area contributed by atoms with E-state index in [1.54, 1.807) is 0 Å². The van der Waals surface area contributed by atoms with Crippen LogP contribution in [0.15, 0.2) is 5.38 Å². The molecule has 0 spiro atoms. The normalized spacial score (nSPS) is 17.5. The second-order valence-electron chi connectivity index (χ2n) is 4.08. The number of amides is 1. The monoisotopic (exact) mass is 225 g/mol. The molecule has 0 aliphatic heterocycles. The van der Waals surface area contributed by atoms with Gasteiger partial charge in [-0.2, -0.15) is 0 Å². The smallest absolute Gasteiger partial charge is 0.227 e. The van der Waals surface area contributed by atoms with Gasteiger partial charge in [0.2, 0.25) is 5.91 Å². The lowest BCUT2D eigenvalue weighted by Gasteiger charge is -2.03. The van der Waals surface area contributed by atoms with E-state index in [0.717, 1.165) is 5.69 Å². The van der Waals surface area contributed by atoms with E-state index in [1.165, 1.54) is 24.2 Å². The van der Waals surface area contributed by atoms with Gasteiger partial charge in [0.1, 0.15) is 0 Å². The lowest BCUT2D eigenvalue weighted by molar-refractivity contribution is -0.116. The van der Waals surface area contributed by atoms with Gasteiger partial charge in [-0.05, 0) is 19.8 Å². The second kappa shape index (κ2) is 4.28. The summed E-state index contributed by atoms with van der Waals surface area (Å²) in [5, 5.41) is 5.49. The van der Waals surface area contributed by atoms with Crippen LogP contribution in [0.2, 0.25) is 0 Å². The highest BCUT2D eigenvalue weighted by atomic mass is 32.1. The fourth-order valence-electron chi connectivity index (χ4n) is 1.37. The van der Waals surface area contributed by atoms with Crippen LogP contribution in [0.1, 0.15) is 37.8 Å². The van der Waals surface area contributed by atoms with Crippen LogP contribution in [0.25, 0.3) is 0 Å². The van der Waals surface area contributed by atoms with Gasteiger partial charge in [0.25, 0.3) is 0 Å². The summed E-state index contributed by atoms with van der Waals surface area (Å²) in [5.41, 5.74) is 6.65. The molecule has 0 saturated heterocycles. The lowest BCUT2D eigenvalue weighted by atomic mass is 10.2. The fourth-order valence-corrected chi connectivity index (χ4v) is 2.18. The van der Waals surface area contributed by atoms with Crippen molar-refractivity contribution in [2.75, 3.05) is 5.32 Å². The van der Waals surface area contributed by atoms with Crippen molar-refractivity contribution >= 4 is 22.4 Å². The number of hydrogen-bond acceptors (Lipinski definition) is 4. The molecule has 0 aromatic carbocycles. The molecule has 15 heavy (non-hydrogen) atoms. The predicted octanol–water partition coefficient (Wildman–Crippen LogP) is 1.70. The number of thiazole rings is 1. The van der Waals surface area contributed by atoms with Gasteiger partial charge in [-0.1, -0.05) is 0 Å². The Hall–Kier alpha value is -0.940. The number of rotatable bonds is 4. The third-order valence-electron chi connectivity index (χ3n) is 2.27. The first kappa shape index (κ1) is 10.6. The first-order chi connectivity index (χ1) is 7.15. The number of anilines is 1. The van der Waals surface area contributed by atoms with Gasteiger partial charge in [0, 0.05) is 23.8 Å². The van der Waals surface area contributed by atoms with Crippen LogP contribution in [0.3, 0.4) is 0 Å². The van der Waals surface area contributed by atoms with Crippen LogP contribution in [0.4, 0.5) is 5.13 Å². The second-order valence-corrected chi connectivity index (χ2v) is 4.94. The number of aromatic nitrogens is 1. The summed E-state index contributed by atoms with van der Waals surface area (Å²) in [6.45, 7) is 1.82. The van der Waals surface area contributed by atoms with Gasteiger partial charge in [0.05, 0.1) is 5.69 Å². The highest BCUT2D eigenvalue weighted by Gasteiger charge is 2.26. The number of nitrogens with zero attached hydrogens (tertiary/aromatic N) is 1. The minimum absolute atomic E-state index is 0.0540. The maximum atomic E-state index is 11.4. The van der Waals surface area contributed by atoms with Crippen molar-refractivity contribution in [1.29, 1.82) is 0 Å². The maximum absolute atomic E-state index is 11.4. The number of hydrogen-bond donors (Lipinski definition) is 2. The molecule has 0 radical (unpaired) electrons. The third-order valence-corrected chi connectivity index (χ3v) is 3.05. The first-order valence-electron chi connectivity index (χ1n) is 5.16. The Morgan fingerprint density at radius 2 is 2.53 bits per heavy atom.